The molecule has 0 fully saturated rings. The van der Waals surface area contributed by atoms with Gasteiger partial charge in [-0.3, -0.25) is 0 Å². The molecular weight excluding hydrogens is 380 g/mol. The maximum Gasteiger partial charge on any atom is 0.0831 e. The van der Waals surface area contributed by atoms with E-state index in [1.165, 1.54) is 31.3 Å². The summed E-state index contributed by atoms with van der Waals surface area (Å²) in [5.74, 6) is 0. The molecule has 1 heterocycles. The second-order valence-electron chi connectivity index (χ2n) is 5.52. The number of ether oxygens (including phenoxy) is 1. The van der Waals surface area contributed by atoms with Crippen LogP contribution in [0.2, 0.25) is 0 Å². The Labute approximate surface area is 153 Å². The number of rotatable bonds is 3. The van der Waals surface area contributed by atoms with E-state index in [0.29, 0.717) is 0 Å². The Hall–Kier alpha value is -2.10. The van der Waals surface area contributed by atoms with Gasteiger partial charge in [0.05, 0.1) is 13.4 Å². The zero-order chi connectivity index (χ0) is 16.5. The summed E-state index contributed by atoms with van der Waals surface area (Å²) < 4.78 is 8.84. The van der Waals surface area contributed by atoms with E-state index in [2.05, 4.69) is 76.6 Å². The van der Waals surface area contributed by atoms with Crippen molar-refractivity contribution < 1.29 is 4.74 Å². The van der Waals surface area contributed by atoms with Gasteiger partial charge < -0.3 is 4.74 Å². The van der Waals surface area contributed by atoms with Gasteiger partial charge in [0.2, 0.25) is 0 Å². The van der Waals surface area contributed by atoms with E-state index in [4.69, 9.17) is 4.74 Å². The average molecular weight is 395 g/mol. The lowest BCUT2D eigenvalue weighted by atomic mass is 9.98. The monoisotopic (exact) mass is 394 g/mol. The van der Waals surface area contributed by atoms with Gasteiger partial charge in [-0.15, -0.1) is 11.3 Å². The zero-order valence-electron chi connectivity index (χ0n) is 13.1. The summed E-state index contributed by atoms with van der Waals surface area (Å²) in [6.07, 6.45) is 3.72. The van der Waals surface area contributed by atoms with Gasteiger partial charge in [-0.2, -0.15) is 0 Å². The van der Waals surface area contributed by atoms with Crippen LogP contribution in [0.15, 0.2) is 71.4 Å². The minimum absolute atomic E-state index is 1.06. The number of thiophene rings is 1. The lowest BCUT2D eigenvalue weighted by Gasteiger charge is -2.10. The van der Waals surface area contributed by atoms with E-state index >= 15 is 0 Å². The summed E-state index contributed by atoms with van der Waals surface area (Å²) in [6, 6.07) is 21.4. The predicted molar refractivity (Wildman–Crippen MR) is 109 cm³/mol. The standard InChI is InChI=1S/C21H15BrOS/c1-23-13-12-15-14(7-5-10-19(15)22)17-8-4-9-18-16-6-2-3-11-20(16)24-21(17)18/h2-13H,1H3/b13-12+. The Morgan fingerprint density at radius 3 is 2.50 bits per heavy atom. The fourth-order valence-electron chi connectivity index (χ4n) is 3.04. The maximum atomic E-state index is 5.13. The van der Waals surface area contributed by atoms with Crippen molar-refractivity contribution in [3.63, 3.8) is 0 Å². The average Bonchev–Trinajstić information content (AvgIpc) is 2.99. The van der Waals surface area contributed by atoms with Crippen LogP contribution in [0.5, 0.6) is 0 Å². The van der Waals surface area contributed by atoms with Crippen LogP contribution < -0.4 is 0 Å². The Morgan fingerprint density at radius 2 is 1.62 bits per heavy atom. The fourth-order valence-corrected chi connectivity index (χ4v) is 4.77. The normalized spacial score (nSPS) is 11.6. The lowest BCUT2D eigenvalue weighted by molar-refractivity contribution is 0.341. The Morgan fingerprint density at radius 1 is 0.875 bits per heavy atom. The Bertz CT molecular complexity index is 1060. The second-order valence-corrected chi connectivity index (χ2v) is 7.43. The Balaban J connectivity index is 2.04. The van der Waals surface area contributed by atoms with Crippen molar-refractivity contribution in [2.75, 3.05) is 7.11 Å². The second kappa shape index (κ2) is 6.42. The molecule has 0 unspecified atom stereocenters. The molecule has 0 bridgehead atoms. The molecule has 0 aliphatic rings. The molecule has 0 amide bonds. The van der Waals surface area contributed by atoms with Gasteiger partial charge in [0.1, 0.15) is 0 Å². The first-order valence-electron chi connectivity index (χ1n) is 7.68. The third-order valence-electron chi connectivity index (χ3n) is 4.12. The SMILES string of the molecule is CO/C=C/c1c(Br)cccc1-c1cccc2c1sc1ccccc12. The largest absolute Gasteiger partial charge is 0.504 e. The van der Waals surface area contributed by atoms with Crippen molar-refractivity contribution in [3.8, 4) is 11.1 Å². The molecule has 0 saturated heterocycles. The molecule has 0 radical (unpaired) electrons. The van der Waals surface area contributed by atoms with Crippen molar-refractivity contribution in [2.45, 2.75) is 0 Å². The maximum absolute atomic E-state index is 5.13. The van der Waals surface area contributed by atoms with Gasteiger partial charge in [0.15, 0.2) is 0 Å². The molecule has 1 nitrogen and oxygen atoms in total. The molecule has 3 aromatic carbocycles. The van der Waals surface area contributed by atoms with Gasteiger partial charge in [0.25, 0.3) is 0 Å². The number of hydrogen-bond acceptors (Lipinski definition) is 2. The molecule has 118 valence electrons. The third-order valence-corrected chi connectivity index (χ3v) is 6.03. The van der Waals surface area contributed by atoms with Crippen LogP contribution in [-0.2, 0) is 4.74 Å². The van der Waals surface area contributed by atoms with Crippen LogP contribution in [-0.4, -0.2) is 7.11 Å². The molecule has 0 saturated carbocycles. The van der Waals surface area contributed by atoms with Crippen LogP contribution >= 0.6 is 27.3 Å². The predicted octanol–water partition coefficient (Wildman–Crippen LogP) is 7.10. The van der Waals surface area contributed by atoms with Crippen molar-refractivity contribution in [1.29, 1.82) is 0 Å². The molecule has 0 spiro atoms. The van der Waals surface area contributed by atoms with Crippen molar-refractivity contribution >= 4 is 53.5 Å². The highest BCUT2D eigenvalue weighted by Gasteiger charge is 2.13. The topological polar surface area (TPSA) is 9.23 Å². The molecule has 0 aliphatic carbocycles. The van der Waals surface area contributed by atoms with Gasteiger partial charge >= 0.3 is 0 Å². The van der Waals surface area contributed by atoms with Crippen LogP contribution in [0, 0.1) is 0 Å². The third kappa shape index (κ3) is 2.54. The summed E-state index contributed by atoms with van der Waals surface area (Å²) in [4.78, 5) is 0. The molecule has 24 heavy (non-hydrogen) atoms. The quantitative estimate of drug-likeness (QED) is 0.336. The summed E-state index contributed by atoms with van der Waals surface area (Å²) in [7, 11) is 1.67. The number of halogens is 1. The van der Waals surface area contributed by atoms with Gasteiger partial charge in [-0.1, -0.05) is 64.5 Å². The first kappa shape index (κ1) is 15.4. The van der Waals surface area contributed by atoms with Crippen LogP contribution in [0.3, 0.4) is 0 Å². The number of hydrogen-bond donors (Lipinski definition) is 0. The number of fused-ring (bicyclic) bond motifs is 3. The molecule has 1 aromatic heterocycles. The van der Waals surface area contributed by atoms with Crippen molar-refractivity contribution in [2.24, 2.45) is 0 Å². The van der Waals surface area contributed by atoms with Crippen LogP contribution in [0.4, 0.5) is 0 Å². The summed E-state index contributed by atoms with van der Waals surface area (Å²) >= 11 is 5.52. The van der Waals surface area contributed by atoms with E-state index in [1.807, 2.05) is 17.4 Å². The van der Waals surface area contributed by atoms with Crippen LogP contribution in [0.25, 0.3) is 37.4 Å². The highest BCUT2D eigenvalue weighted by molar-refractivity contribution is 9.10. The molecule has 0 aliphatic heterocycles. The Kier molecular flexibility index (Phi) is 4.13. The van der Waals surface area contributed by atoms with E-state index < -0.39 is 0 Å². The fraction of sp³-hybridized carbons (Fsp3) is 0.0476. The molecule has 4 aromatic rings. The highest BCUT2D eigenvalue weighted by Crippen LogP contribution is 2.41. The van der Waals surface area contributed by atoms with E-state index in [9.17, 15) is 0 Å². The molecular formula is C21H15BrOS. The first-order chi connectivity index (χ1) is 11.8. The van der Waals surface area contributed by atoms with Gasteiger partial charge in [-0.25, -0.2) is 0 Å². The van der Waals surface area contributed by atoms with Crippen molar-refractivity contribution in [1.82, 2.24) is 0 Å². The van der Waals surface area contributed by atoms with Gasteiger partial charge in [0, 0.05) is 30.2 Å². The number of benzene rings is 3. The first-order valence-corrected chi connectivity index (χ1v) is 9.29. The van der Waals surface area contributed by atoms with E-state index in [-0.39, 0.29) is 0 Å². The van der Waals surface area contributed by atoms with Gasteiger partial charge in [-0.05, 0) is 29.3 Å². The van der Waals surface area contributed by atoms with E-state index in [1.54, 1.807) is 13.4 Å². The minimum Gasteiger partial charge on any atom is -0.504 e. The van der Waals surface area contributed by atoms with E-state index in [0.717, 1.165) is 10.0 Å². The lowest BCUT2D eigenvalue weighted by Crippen LogP contribution is -1.86. The molecule has 0 N–H and O–H groups in total. The minimum atomic E-state index is 1.06. The number of methoxy groups -OCH3 is 1. The van der Waals surface area contributed by atoms with Crippen molar-refractivity contribution in [3.05, 3.63) is 77.0 Å². The zero-order valence-corrected chi connectivity index (χ0v) is 15.5. The smallest absolute Gasteiger partial charge is 0.0831 e. The van der Waals surface area contributed by atoms with Crippen LogP contribution in [0.1, 0.15) is 5.56 Å². The summed E-state index contributed by atoms with van der Waals surface area (Å²) in [5, 5.41) is 2.64. The summed E-state index contributed by atoms with van der Waals surface area (Å²) in [5.41, 5.74) is 3.59. The summed E-state index contributed by atoms with van der Waals surface area (Å²) in [6.45, 7) is 0. The molecule has 4 rings (SSSR count). The molecule has 3 heteroatoms. The molecule has 0 atom stereocenters. The highest BCUT2D eigenvalue weighted by atomic mass is 79.9.